The van der Waals surface area contributed by atoms with E-state index in [9.17, 15) is 0 Å². The van der Waals surface area contributed by atoms with Gasteiger partial charge in [-0.25, -0.2) is 9.50 Å². The van der Waals surface area contributed by atoms with E-state index in [1.165, 1.54) is 0 Å². The third-order valence-corrected chi connectivity index (χ3v) is 4.84. The topological polar surface area (TPSA) is 46.0 Å². The van der Waals surface area contributed by atoms with E-state index < -0.39 is 0 Å². The average molecular weight is 346 g/mol. The highest BCUT2D eigenvalue weighted by atomic mass is 32.1. The molecule has 5 heteroatoms. The maximum atomic E-state index is 5.77. The molecule has 0 saturated carbocycles. The Kier molecular flexibility index (Phi) is 3.93. The van der Waals surface area contributed by atoms with Gasteiger partial charge in [0, 0.05) is 40.8 Å². The van der Waals surface area contributed by atoms with Gasteiger partial charge in [0.2, 0.25) is 0 Å². The van der Waals surface area contributed by atoms with Gasteiger partial charge in [-0.05, 0) is 31.5 Å². The molecule has 0 spiro atoms. The molecule has 0 aliphatic carbocycles. The summed E-state index contributed by atoms with van der Waals surface area (Å²) in [4.78, 5) is 9.28. The summed E-state index contributed by atoms with van der Waals surface area (Å²) >= 11 is 5.77. The number of hydrogen-bond donors (Lipinski definition) is 1. The van der Waals surface area contributed by atoms with Gasteiger partial charge in [-0.1, -0.05) is 48.6 Å². The van der Waals surface area contributed by atoms with E-state index in [0.29, 0.717) is 6.42 Å². The predicted octanol–water partition coefficient (Wildman–Crippen LogP) is 4.66. The molecule has 4 nitrogen and oxygen atoms in total. The number of pyridine rings is 1. The van der Waals surface area contributed by atoms with Gasteiger partial charge >= 0.3 is 0 Å². The highest BCUT2D eigenvalue weighted by molar-refractivity contribution is 7.71. The number of benzene rings is 1. The minimum Gasteiger partial charge on any atom is -0.295 e. The van der Waals surface area contributed by atoms with Crippen LogP contribution >= 0.6 is 12.2 Å². The van der Waals surface area contributed by atoms with Crippen LogP contribution in [0.2, 0.25) is 0 Å². The molecule has 124 valence electrons. The van der Waals surface area contributed by atoms with Crippen LogP contribution in [0.15, 0.2) is 54.7 Å². The molecule has 0 aliphatic rings. The molecule has 3 heterocycles. The van der Waals surface area contributed by atoms with Crippen LogP contribution in [0.3, 0.4) is 0 Å². The van der Waals surface area contributed by atoms with Crippen molar-refractivity contribution < 1.29 is 0 Å². The molecule has 0 aliphatic heterocycles. The van der Waals surface area contributed by atoms with E-state index in [-0.39, 0.29) is 0 Å². The highest BCUT2D eigenvalue weighted by Gasteiger charge is 2.16. The van der Waals surface area contributed by atoms with Crippen molar-refractivity contribution >= 4 is 17.9 Å². The molecule has 0 saturated heterocycles. The highest BCUT2D eigenvalue weighted by Crippen LogP contribution is 2.28. The van der Waals surface area contributed by atoms with Crippen molar-refractivity contribution in [2.45, 2.75) is 20.3 Å². The molecular formula is C20H18N4S. The molecule has 3 aromatic heterocycles. The molecule has 4 rings (SSSR count). The van der Waals surface area contributed by atoms with Crippen LogP contribution in [0.5, 0.6) is 0 Å². The lowest BCUT2D eigenvalue weighted by molar-refractivity contribution is 0.867. The van der Waals surface area contributed by atoms with Gasteiger partial charge in [-0.2, -0.15) is 0 Å². The van der Waals surface area contributed by atoms with Crippen molar-refractivity contribution in [3.8, 4) is 11.1 Å². The third-order valence-electron chi connectivity index (χ3n) is 4.41. The fraction of sp³-hybridized carbons (Fsp3) is 0.150. The number of rotatable bonds is 3. The van der Waals surface area contributed by atoms with Crippen LogP contribution in [-0.2, 0) is 6.42 Å². The van der Waals surface area contributed by atoms with E-state index in [0.717, 1.165) is 44.1 Å². The number of aryl methyl sites for hydroxylation is 2. The van der Waals surface area contributed by atoms with Crippen LogP contribution in [0.1, 0.15) is 22.6 Å². The van der Waals surface area contributed by atoms with E-state index >= 15 is 0 Å². The third kappa shape index (κ3) is 2.76. The second-order valence-corrected chi connectivity index (χ2v) is 6.50. The standard InChI is InChI=1S/C20H18N4S/c1-13-17(12-16-10-6-7-11-21-16)20(25)24-19(22-13)18(14(2)23-24)15-8-4-3-5-9-15/h3-11,23H,12H2,1-2H3. The Morgan fingerprint density at radius 1 is 1.04 bits per heavy atom. The fourth-order valence-corrected chi connectivity index (χ4v) is 3.51. The van der Waals surface area contributed by atoms with Crippen molar-refractivity contribution in [2.24, 2.45) is 0 Å². The molecule has 0 fully saturated rings. The summed E-state index contributed by atoms with van der Waals surface area (Å²) in [5.74, 6) is 0. The van der Waals surface area contributed by atoms with E-state index in [1.807, 2.05) is 47.8 Å². The lowest BCUT2D eigenvalue weighted by Crippen LogP contribution is -2.04. The van der Waals surface area contributed by atoms with E-state index in [4.69, 9.17) is 17.2 Å². The van der Waals surface area contributed by atoms with Crippen LogP contribution in [0.4, 0.5) is 0 Å². The summed E-state index contributed by atoms with van der Waals surface area (Å²) in [6, 6.07) is 16.2. The number of H-pyrrole nitrogens is 1. The number of hydrogen-bond acceptors (Lipinski definition) is 3. The van der Waals surface area contributed by atoms with Gasteiger partial charge < -0.3 is 0 Å². The monoisotopic (exact) mass is 346 g/mol. The molecule has 0 unspecified atom stereocenters. The molecule has 0 bridgehead atoms. The summed E-state index contributed by atoms with van der Waals surface area (Å²) in [7, 11) is 0. The summed E-state index contributed by atoms with van der Waals surface area (Å²) in [6.45, 7) is 4.07. The first-order valence-corrected chi connectivity index (χ1v) is 8.62. The Balaban J connectivity index is 1.91. The minimum absolute atomic E-state index is 0.681. The second kappa shape index (κ2) is 6.26. The summed E-state index contributed by atoms with van der Waals surface area (Å²) < 4.78 is 2.68. The minimum atomic E-state index is 0.681. The zero-order chi connectivity index (χ0) is 17.4. The Morgan fingerprint density at radius 3 is 2.52 bits per heavy atom. The number of aromatic nitrogens is 4. The smallest absolute Gasteiger partial charge is 0.162 e. The van der Waals surface area contributed by atoms with Crippen molar-refractivity contribution in [2.75, 3.05) is 0 Å². The number of fused-ring (bicyclic) bond motifs is 1. The number of aromatic amines is 1. The zero-order valence-corrected chi connectivity index (χ0v) is 15.0. The zero-order valence-electron chi connectivity index (χ0n) is 14.2. The SMILES string of the molecule is Cc1nc2c(-c3ccccc3)c(C)[nH]n2c(=S)c1Cc1ccccn1. The van der Waals surface area contributed by atoms with Gasteiger partial charge in [0.1, 0.15) is 4.64 Å². The van der Waals surface area contributed by atoms with Crippen LogP contribution in [0.25, 0.3) is 16.8 Å². The molecule has 1 N–H and O–H groups in total. The van der Waals surface area contributed by atoms with Crippen molar-refractivity contribution in [3.05, 3.63) is 82.0 Å². The van der Waals surface area contributed by atoms with Crippen LogP contribution in [0, 0.1) is 18.5 Å². The maximum absolute atomic E-state index is 5.77. The maximum Gasteiger partial charge on any atom is 0.162 e. The Hall–Kier alpha value is -2.79. The lowest BCUT2D eigenvalue weighted by Gasteiger charge is -2.08. The van der Waals surface area contributed by atoms with Crippen molar-refractivity contribution in [3.63, 3.8) is 0 Å². The van der Waals surface area contributed by atoms with Crippen LogP contribution in [-0.4, -0.2) is 19.6 Å². The van der Waals surface area contributed by atoms with Gasteiger partial charge in [0.25, 0.3) is 0 Å². The average Bonchev–Trinajstić information content (AvgIpc) is 2.96. The second-order valence-electron chi connectivity index (χ2n) is 6.12. The van der Waals surface area contributed by atoms with Crippen molar-refractivity contribution in [1.82, 2.24) is 19.6 Å². The van der Waals surface area contributed by atoms with Crippen LogP contribution < -0.4 is 0 Å². The summed E-state index contributed by atoms with van der Waals surface area (Å²) in [6.07, 6.45) is 2.49. The largest absolute Gasteiger partial charge is 0.295 e. The Morgan fingerprint density at radius 2 is 1.80 bits per heavy atom. The first-order valence-electron chi connectivity index (χ1n) is 8.21. The first-order chi connectivity index (χ1) is 12.1. The molecule has 0 atom stereocenters. The quantitative estimate of drug-likeness (QED) is 0.549. The van der Waals surface area contributed by atoms with Crippen molar-refractivity contribution in [1.29, 1.82) is 0 Å². The summed E-state index contributed by atoms with van der Waals surface area (Å²) in [5.41, 5.74) is 7.13. The molecule has 0 radical (unpaired) electrons. The predicted molar refractivity (Wildman–Crippen MR) is 102 cm³/mol. The molecule has 25 heavy (non-hydrogen) atoms. The van der Waals surface area contributed by atoms with E-state index in [1.54, 1.807) is 6.20 Å². The molecule has 4 aromatic rings. The number of nitrogens with one attached hydrogen (secondary N) is 1. The Labute approximate surface area is 151 Å². The summed E-state index contributed by atoms with van der Waals surface area (Å²) in [5, 5.41) is 3.38. The molecule has 0 amide bonds. The fourth-order valence-electron chi connectivity index (χ4n) is 3.16. The normalized spacial score (nSPS) is 11.1. The lowest BCUT2D eigenvalue weighted by atomic mass is 10.1. The Bertz CT molecular complexity index is 1100. The van der Waals surface area contributed by atoms with Gasteiger partial charge in [0.15, 0.2) is 5.65 Å². The van der Waals surface area contributed by atoms with Gasteiger partial charge in [-0.15, -0.1) is 0 Å². The van der Waals surface area contributed by atoms with Gasteiger partial charge in [0.05, 0.1) is 0 Å². The molecular weight excluding hydrogens is 328 g/mol. The molecule has 1 aromatic carbocycles. The van der Waals surface area contributed by atoms with E-state index in [2.05, 4.69) is 29.1 Å². The first kappa shape index (κ1) is 15.7. The van der Waals surface area contributed by atoms with Gasteiger partial charge in [-0.3, -0.25) is 10.1 Å². The number of nitrogens with zero attached hydrogens (tertiary/aromatic N) is 3.